The van der Waals surface area contributed by atoms with E-state index < -0.39 is 0 Å². The molecule has 2 aromatic carbocycles. The Bertz CT molecular complexity index is 912. The molecule has 0 aliphatic carbocycles. The summed E-state index contributed by atoms with van der Waals surface area (Å²) in [6.45, 7) is 5.32. The van der Waals surface area contributed by atoms with Crippen LogP contribution < -0.4 is 5.32 Å². The Labute approximate surface area is 187 Å². The van der Waals surface area contributed by atoms with E-state index in [0.29, 0.717) is 58.2 Å². The Morgan fingerprint density at radius 2 is 1.66 bits per heavy atom. The lowest BCUT2D eigenvalue weighted by Crippen LogP contribution is -2.53. The molecular formula is C24H29FN4O3. The number of carbonyl (C=O) groups excluding carboxylic acids is 2. The van der Waals surface area contributed by atoms with Crippen LogP contribution in [0.4, 0.5) is 10.1 Å². The van der Waals surface area contributed by atoms with Gasteiger partial charge >= 0.3 is 0 Å². The summed E-state index contributed by atoms with van der Waals surface area (Å²) in [6.07, 6.45) is 0. The van der Waals surface area contributed by atoms with Gasteiger partial charge in [-0.05, 0) is 23.8 Å². The molecule has 32 heavy (non-hydrogen) atoms. The lowest BCUT2D eigenvalue weighted by molar-refractivity contribution is -0.142. The molecule has 0 aromatic heterocycles. The highest BCUT2D eigenvalue weighted by atomic mass is 19.1. The molecule has 7 nitrogen and oxygen atoms in total. The Morgan fingerprint density at radius 1 is 0.938 bits per heavy atom. The minimum Gasteiger partial charge on any atom is -0.378 e. The third-order valence-electron chi connectivity index (χ3n) is 5.92. The van der Waals surface area contributed by atoms with Crippen LogP contribution in [0.2, 0.25) is 0 Å². The smallest absolute Gasteiger partial charge is 0.244 e. The number of ether oxygens (including phenoxy) is 1. The van der Waals surface area contributed by atoms with E-state index in [0.717, 1.165) is 5.56 Å². The summed E-state index contributed by atoms with van der Waals surface area (Å²) in [4.78, 5) is 31.9. The Kier molecular flexibility index (Phi) is 7.47. The average molecular weight is 441 g/mol. The molecule has 2 aliphatic rings. The van der Waals surface area contributed by atoms with Crippen molar-refractivity contribution < 1.29 is 18.7 Å². The lowest BCUT2D eigenvalue weighted by Gasteiger charge is -2.40. The van der Waals surface area contributed by atoms with E-state index in [4.69, 9.17) is 4.74 Å². The molecule has 2 aromatic rings. The molecule has 8 heteroatoms. The first-order valence-electron chi connectivity index (χ1n) is 11.0. The van der Waals surface area contributed by atoms with Gasteiger partial charge in [-0.1, -0.05) is 36.4 Å². The normalized spacial score (nSPS) is 18.8. The number of morpholine rings is 1. The number of amides is 2. The van der Waals surface area contributed by atoms with Gasteiger partial charge in [-0.3, -0.25) is 19.4 Å². The highest BCUT2D eigenvalue weighted by Crippen LogP contribution is 2.25. The molecule has 2 saturated heterocycles. The fourth-order valence-electron chi connectivity index (χ4n) is 4.25. The maximum absolute atomic E-state index is 13.4. The minimum atomic E-state index is -0.381. The van der Waals surface area contributed by atoms with E-state index in [9.17, 15) is 14.0 Å². The van der Waals surface area contributed by atoms with Crippen LogP contribution in [-0.2, 0) is 14.3 Å². The first-order chi connectivity index (χ1) is 15.6. The fourth-order valence-corrected chi connectivity index (χ4v) is 4.25. The van der Waals surface area contributed by atoms with Crippen molar-refractivity contribution in [2.24, 2.45) is 0 Å². The van der Waals surface area contributed by atoms with E-state index in [1.165, 1.54) is 12.1 Å². The predicted octanol–water partition coefficient (Wildman–Crippen LogP) is 1.98. The number of nitrogens with one attached hydrogen (secondary N) is 1. The molecule has 2 heterocycles. The molecule has 4 rings (SSSR count). The van der Waals surface area contributed by atoms with Gasteiger partial charge in [0.1, 0.15) is 11.9 Å². The van der Waals surface area contributed by atoms with Crippen molar-refractivity contribution in [1.82, 2.24) is 14.7 Å². The second kappa shape index (κ2) is 10.7. The number of hydrogen-bond donors (Lipinski definition) is 1. The van der Waals surface area contributed by atoms with Crippen molar-refractivity contribution in [2.75, 3.05) is 64.3 Å². The molecule has 0 radical (unpaired) electrons. The number of nitrogens with zero attached hydrogens (tertiary/aromatic N) is 3. The minimum absolute atomic E-state index is 0.108. The number of anilines is 1. The molecule has 0 spiro atoms. The van der Waals surface area contributed by atoms with Crippen molar-refractivity contribution in [3.63, 3.8) is 0 Å². The topological polar surface area (TPSA) is 65.1 Å². The molecule has 2 fully saturated rings. The zero-order valence-electron chi connectivity index (χ0n) is 18.1. The molecule has 0 saturated carbocycles. The second-order valence-corrected chi connectivity index (χ2v) is 8.12. The third kappa shape index (κ3) is 5.70. The van der Waals surface area contributed by atoms with Crippen molar-refractivity contribution in [3.05, 3.63) is 66.0 Å². The average Bonchev–Trinajstić information content (AvgIpc) is 2.81. The largest absolute Gasteiger partial charge is 0.378 e. The Hall–Kier alpha value is -2.81. The van der Waals surface area contributed by atoms with Crippen LogP contribution in [0.5, 0.6) is 0 Å². The predicted molar refractivity (Wildman–Crippen MR) is 120 cm³/mol. The SMILES string of the molecule is O=C(CN1CCN([C@H](C(=O)N2CCOCC2)c2ccccc2)CC1)Nc1cccc(F)c1. The third-order valence-corrected chi connectivity index (χ3v) is 5.92. The number of piperazine rings is 1. The molecule has 2 aliphatic heterocycles. The maximum atomic E-state index is 13.4. The standard InChI is InChI=1S/C24H29FN4O3/c25-20-7-4-8-21(17-20)26-22(30)18-27-9-11-28(12-10-27)23(19-5-2-1-3-6-19)24(31)29-13-15-32-16-14-29/h1-8,17,23H,9-16,18H2,(H,26,30)/t23-/m0/s1. The van der Waals surface area contributed by atoms with Crippen LogP contribution >= 0.6 is 0 Å². The van der Waals surface area contributed by atoms with Crippen LogP contribution in [0.1, 0.15) is 11.6 Å². The van der Waals surface area contributed by atoms with Gasteiger partial charge in [0.05, 0.1) is 19.8 Å². The number of carbonyl (C=O) groups is 2. The van der Waals surface area contributed by atoms with Crippen LogP contribution in [0.25, 0.3) is 0 Å². The number of rotatable bonds is 6. The molecule has 0 unspecified atom stereocenters. The van der Waals surface area contributed by atoms with Crippen LogP contribution in [0.3, 0.4) is 0 Å². The summed E-state index contributed by atoms with van der Waals surface area (Å²) in [5.41, 5.74) is 1.44. The summed E-state index contributed by atoms with van der Waals surface area (Å²) < 4.78 is 18.7. The summed E-state index contributed by atoms with van der Waals surface area (Å²) in [5.74, 6) is -0.446. The van der Waals surface area contributed by atoms with Gasteiger partial charge in [0, 0.05) is 45.0 Å². The zero-order chi connectivity index (χ0) is 22.3. The van der Waals surface area contributed by atoms with E-state index in [2.05, 4.69) is 15.1 Å². The van der Waals surface area contributed by atoms with Crippen LogP contribution in [0, 0.1) is 5.82 Å². The van der Waals surface area contributed by atoms with Crippen LogP contribution in [-0.4, -0.2) is 85.5 Å². The molecule has 1 N–H and O–H groups in total. The second-order valence-electron chi connectivity index (χ2n) is 8.12. The Morgan fingerprint density at radius 3 is 2.34 bits per heavy atom. The van der Waals surface area contributed by atoms with Gasteiger partial charge < -0.3 is 15.0 Å². The summed E-state index contributed by atoms with van der Waals surface area (Å²) in [5, 5.41) is 2.74. The summed E-state index contributed by atoms with van der Waals surface area (Å²) in [6, 6.07) is 15.4. The summed E-state index contributed by atoms with van der Waals surface area (Å²) >= 11 is 0. The summed E-state index contributed by atoms with van der Waals surface area (Å²) in [7, 11) is 0. The van der Waals surface area contributed by atoms with Crippen molar-refractivity contribution >= 4 is 17.5 Å². The van der Waals surface area contributed by atoms with Gasteiger partial charge in [0.2, 0.25) is 11.8 Å². The van der Waals surface area contributed by atoms with Crippen molar-refractivity contribution in [1.29, 1.82) is 0 Å². The van der Waals surface area contributed by atoms with Gasteiger partial charge in [-0.25, -0.2) is 4.39 Å². The van der Waals surface area contributed by atoms with Gasteiger partial charge in [-0.2, -0.15) is 0 Å². The zero-order valence-corrected chi connectivity index (χ0v) is 18.1. The molecular weight excluding hydrogens is 411 g/mol. The van der Waals surface area contributed by atoms with E-state index in [-0.39, 0.29) is 30.2 Å². The van der Waals surface area contributed by atoms with E-state index in [1.807, 2.05) is 35.2 Å². The number of halogens is 1. The van der Waals surface area contributed by atoms with E-state index >= 15 is 0 Å². The highest BCUT2D eigenvalue weighted by Gasteiger charge is 2.34. The van der Waals surface area contributed by atoms with Gasteiger partial charge in [0.15, 0.2) is 0 Å². The molecule has 0 bridgehead atoms. The van der Waals surface area contributed by atoms with Crippen molar-refractivity contribution in [2.45, 2.75) is 6.04 Å². The number of hydrogen-bond acceptors (Lipinski definition) is 5. The quantitative estimate of drug-likeness (QED) is 0.744. The monoisotopic (exact) mass is 440 g/mol. The van der Waals surface area contributed by atoms with E-state index in [1.54, 1.807) is 12.1 Å². The first kappa shape index (κ1) is 22.4. The van der Waals surface area contributed by atoms with Gasteiger partial charge in [-0.15, -0.1) is 0 Å². The highest BCUT2D eigenvalue weighted by molar-refractivity contribution is 5.92. The molecule has 170 valence electrons. The number of benzene rings is 2. The molecule has 2 amide bonds. The van der Waals surface area contributed by atoms with Gasteiger partial charge in [0.25, 0.3) is 0 Å². The maximum Gasteiger partial charge on any atom is 0.244 e. The van der Waals surface area contributed by atoms with Crippen molar-refractivity contribution in [3.8, 4) is 0 Å². The first-order valence-corrected chi connectivity index (χ1v) is 11.0. The fraction of sp³-hybridized carbons (Fsp3) is 0.417. The lowest BCUT2D eigenvalue weighted by atomic mass is 10.0. The van der Waals surface area contributed by atoms with Crippen LogP contribution in [0.15, 0.2) is 54.6 Å². The molecule has 1 atom stereocenters. The Balaban J connectivity index is 1.36.